The third-order valence-corrected chi connectivity index (χ3v) is 6.79. The molecule has 1 fully saturated rings. The molecule has 1 aromatic heterocycles. The van der Waals surface area contributed by atoms with Crippen molar-refractivity contribution in [3.8, 4) is 0 Å². The van der Waals surface area contributed by atoms with Crippen molar-refractivity contribution in [2.24, 2.45) is 0 Å². The number of sulfone groups is 1. The second-order valence-corrected chi connectivity index (χ2v) is 9.07. The van der Waals surface area contributed by atoms with Gasteiger partial charge in [-0.25, -0.2) is 12.8 Å². The highest BCUT2D eigenvalue weighted by molar-refractivity contribution is 7.92. The van der Waals surface area contributed by atoms with Gasteiger partial charge in [-0.3, -0.25) is 4.79 Å². The Balaban J connectivity index is 1.64. The summed E-state index contributed by atoms with van der Waals surface area (Å²) in [4.78, 5) is 14.5. The number of hydrogen-bond donors (Lipinski definition) is 1. The summed E-state index contributed by atoms with van der Waals surface area (Å²) in [5.41, 5.74) is 0.532. The Morgan fingerprint density at radius 3 is 2.71 bits per heavy atom. The van der Waals surface area contributed by atoms with Crippen LogP contribution in [0.3, 0.4) is 0 Å². The number of nitrogens with zero attached hydrogens (tertiary/aromatic N) is 1. The van der Waals surface area contributed by atoms with Crippen LogP contribution in [0.4, 0.5) is 10.1 Å². The fraction of sp³-hybridized carbons (Fsp3) is 0.312. The van der Waals surface area contributed by atoms with Crippen LogP contribution in [-0.4, -0.2) is 39.7 Å². The molecule has 0 saturated carbocycles. The molecule has 1 saturated heterocycles. The highest BCUT2D eigenvalue weighted by atomic mass is 32.2. The molecule has 0 radical (unpaired) electrons. The van der Waals surface area contributed by atoms with Crippen molar-refractivity contribution in [3.05, 3.63) is 47.1 Å². The quantitative estimate of drug-likeness (QED) is 0.899. The van der Waals surface area contributed by atoms with E-state index in [4.69, 9.17) is 0 Å². The van der Waals surface area contributed by atoms with E-state index in [1.807, 2.05) is 4.90 Å². The van der Waals surface area contributed by atoms with Crippen LogP contribution in [0, 0.1) is 5.82 Å². The van der Waals surface area contributed by atoms with Crippen LogP contribution in [0.15, 0.2) is 40.6 Å². The molecule has 0 spiro atoms. The van der Waals surface area contributed by atoms with Crippen LogP contribution < -0.4 is 10.2 Å². The van der Waals surface area contributed by atoms with Gasteiger partial charge in [-0.2, -0.15) is 0 Å². The van der Waals surface area contributed by atoms with Crippen molar-refractivity contribution in [3.63, 3.8) is 0 Å². The molecule has 2 aromatic rings. The minimum atomic E-state index is -3.30. The van der Waals surface area contributed by atoms with E-state index in [1.54, 1.807) is 18.2 Å². The molecule has 1 unspecified atom stereocenters. The maximum absolute atomic E-state index is 13.8. The number of halogens is 1. The lowest BCUT2D eigenvalue weighted by molar-refractivity contribution is 0.0944. The molecule has 8 heteroatoms. The van der Waals surface area contributed by atoms with Crippen molar-refractivity contribution in [2.75, 3.05) is 24.2 Å². The first-order valence-corrected chi connectivity index (χ1v) is 10.2. The van der Waals surface area contributed by atoms with E-state index in [-0.39, 0.29) is 22.0 Å². The molecule has 1 aliphatic heterocycles. The Kier molecular flexibility index (Phi) is 4.60. The number of nitrogens with one attached hydrogen (secondary N) is 1. The van der Waals surface area contributed by atoms with Gasteiger partial charge in [0.15, 0.2) is 9.84 Å². The Morgan fingerprint density at radius 1 is 1.29 bits per heavy atom. The van der Waals surface area contributed by atoms with E-state index in [0.29, 0.717) is 30.1 Å². The number of carbonyl (C=O) groups excluding carboxylic acids is 1. The summed E-state index contributed by atoms with van der Waals surface area (Å²) < 4.78 is 37.0. The number of amides is 1. The number of para-hydroxylation sites is 1. The van der Waals surface area contributed by atoms with Gasteiger partial charge in [-0.15, -0.1) is 11.3 Å². The van der Waals surface area contributed by atoms with E-state index in [1.165, 1.54) is 18.2 Å². The summed E-state index contributed by atoms with van der Waals surface area (Å²) in [6, 6.07) is 9.42. The first-order valence-electron chi connectivity index (χ1n) is 7.45. The van der Waals surface area contributed by atoms with Crippen molar-refractivity contribution in [2.45, 2.75) is 16.7 Å². The van der Waals surface area contributed by atoms with Gasteiger partial charge in [0.1, 0.15) is 10.0 Å². The molecule has 1 amide bonds. The summed E-state index contributed by atoms with van der Waals surface area (Å²) in [6.07, 6.45) is 1.83. The van der Waals surface area contributed by atoms with Crippen LogP contribution in [0.25, 0.3) is 0 Å². The number of anilines is 1. The van der Waals surface area contributed by atoms with Crippen LogP contribution in [0.1, 0.15) is 16.1 Å². The second-order valence-electron chi connectivity index (χ2n) is 5.75. The average Bonchev–Trinajstić information content (AvgIpc) is 3.16. The van der Waals surface area contributed by atoms with Gasteiger partial charge in [-0.1, -0.05) is 12.1 Å². The van der Waals surface area contributed by atoms with Crippen molar-refractivity contribution < 1.29 is 17.6 Å². The molecular formula is C16H17FN2O3S2. The smallest absolute Gasteiger partial charge is 0.261 e. The Hall–Kier alpha value is -1.93. The topological polar surface area (TPSA) is 66.5 Å². The van der Waals surface area contributed by atoms with Gasteiger partial charge in [-0.05, 0) is 30.7 Å². The number of hydrogen-bond acceptors (Lipinski definition) is 5. The molecule has 3 rings (SSSR count). The average molecular weight is 368 g/mol. The molecule has 128 valence electrons. The molecule has 1 aliphatic rings. The normalized spacial score (nSPS) is 17.9. The van der Waals surface area contributed by atoms with Crippen LogP contribution in [0.5, 0.6) is 0 Å². The summed E-state index contributed by atoms with van der Waals surface area (Å²) >= 11 is 0.957. The van der Waals surface area contributed by atoms with E-state index in [0.717, 1.165) is 17.6 Å². The van der Waals surface area contributed by atoms with E-state index < -0.39 is 9.84 Å². The van der Waals surface area contributed by atoms with Crippen molar-refractivity contribution in [1.29, 1.82) is 0 Å². The summed E-state index contributed by atoms with van der Waals surface area (Å²) in [5.74, 6) is -0.573. The predicted octanol–water partition coefficient (Wildman–Crippen LogP) is 2.30. The maximum atomic E-state index is 13.8. The minimum Gasteiger partial charge on any atom is -0.367 e. The van der Waals surface area contributed by atoms with Gasteiger partial charge in [0.05, 0.1) is 10.6 Å². The molecule has 1 N–H and O–H groups in total. The molecular weight excluding hydrogens is 351 g/mol. The largest absolute Gasteiger partial charge is 0.367 e. The number of benzene rings is 1. The highest BCUT2D eigenvalue weighted by Crippen LogP contribution is 2.25. The third-order valence-electron chi connectivity index (χ3n) is 3.89. The van der Waals surface area contributed by atoms with Gasteiger partial charge >= 0.3 is 0 Å². The second kappa shape index (κ2) is 6.52. The maximum Gasteiger partial charge on any atom is 0.261 e. The first kappa shape index (κ1) is 16.9. The summed E-state index contributed by atoms with van der Waals surface area (Å²) in [5, 5.41) is 2.89. The standard InChI is InChI=1S/C16H17FN2O3S2/c1-24(21,22)15-7-6-14(23-15)16(20)18-11-8-9-19(10-11)13-5-3-2-4-12(13)17/h2-7,11H,8-10H2,1H3,(H,18,20). The predicted molar refractivity (Wildman–Crippen MR) is 91.9 cm³/mol. The lowest BCUT2D eigenvalue weighted by Crippen LogP contribution is -2.36. The van der Waals surface area contributed by atoms with Gasteiger partial charge in [0, 0.05) is 25.4 Å². The molecule has 2 heterocycles. The summed E-state index contributed by atoms with van der Waals surface area (Å²) in [7, 11) is -3.30. The molecule has 5 nitrogen and oxygen atoms in total. The molecule has 0 aliphatic carbocycles. The number of thiophene rings is 1. The first-order chi connectivity index (χ1) is 11.3. The zero-order valence-electron chi connectivity index (χ0n) is 13.0. The highest BCUT2D eigenvalue weighted by Gasteiger charge is 2.26. The number of carbonyl (C=O) groups is 1. The SMILES string of the molecule is CS(=O)(=O)c1ccc(C(=O)NC2CCN(c3ccccc3F)C2)s1. The van der Waals surface area contributed by atoms with E-state index in [9.17, 15) is 17.6 Å². The molecule has 0 bridgehead atoms. The lowest BCUT2D eigenvalue weighted by atomic mass is 10.2. The fourth-order valence-electron chi connectivity index (χ4n) is 2.70. The van der Waals surface area contributed by atoms with Gasteiger partial charge in [0.2, 0.25) is 0 Å². The Labute approximate surface area is 144 Å². The molecule has 24 heavy (non-hydrogen) atoms. The van der Waals surface area contributed by atoms with Crippen molar-refractivity contribution in [1.82, 2.24) is 5.32 Å². The summed E-state index contributed by atoms with van der Waals surface area (Å²) in [6.45, 7) is 1.18. The lowest BCUT2D eigenvalue weighted by Gasteiger charge is -2.19. The van der Waals surface area contributed by atoms with Crippen molar-refractivity contribution >= 4 is 32.8 Å². The number of rotatable bonds is 4. The third kappa shape index (κ3) is 3.59. The molecule has 1 atom stereocenters. The zero-order chi connectivity index (χ0) is 17.3. The van der Waals surface area contributed by atoms with E-state index in [2.05, 4.69) is 5.32 Å². The minimum absolute atomic E-state index is 0.0964. The van der Waals surface area contributed by atoms with Gasteiger partial charge < -0.3 is 10.2 Å². The fourth-order valence-corrected chi connectivity index (χ4v) is 4.53. The van der Waals surface area contributed by atoms with E-state index >= 15 is 0 Å². The van der Waals surface area contributed by atoms with Crippen LogP contribution >= 0.6 is 11.3 Å². The Bertz CT molecular complexity index is 864. The Morgan fingerprint density at radius 2 is 2.04 bits per heavy atom. The molecule has 1 aromatic carbocycles. The zero-order valence-corrected chi connectivity index (χ0v) is 14.7. The van der Waals surface area contributed by atoms with Crippen LogP contribution in [0.2, 0.25) is 0 Å². The van der Waals surface area contributed by atoms with Crippen LogP contribution in [-0.2, 0) is 9.84 Å². The van der Waals surface area contributed by atoms with Gasteiger partial charge in [0.25, 0.3) is 5.91 Å². The monoisotopic (exact) mass is 368 g/mol.